The number of non-ortho nitro benzene ring substituents is 1. The summed E-state index contributed by atoms with van der Waals surface area (Å²) in [7, 11) is 0. The van der Waals surface area contributed by atoms with Gasteiger partial charge in [0.2, 0.25) is 0 Å². The Morgan fingerprint density at radius 1 is 1.31 bits per heavy atom. The third-order valence-corrected chi connectivity index (χ3v) is 5.27. The monoisotopic (exact) mass is 466 g/mol. The molecule has 1 aromatic carbocycles. The molecule has 150 valence electrons. The van der Waals surface area contributed by atoms with Crippen LogP contribution in [0.2, 0.25) is 0 Å². The van der Waals surface area contributed by atoms with E-state index in [-0.39, 0.29) is 22.5 Å². The lowest BCUT2D eigenvalue weighted by molar-refractivity contribution is -0.385. The SMILES string of the molecule is Cc1nc2cc(F)c(Br)cn2c1CN1C(=O)[C@@H](C)Oc2c(F)cc([N+](=O)[O-])cc21. The number of imidazole rings is 1. The van der Waals surface area contributed by atoms with Crippen molar-refractivity contribution in [2.24, 2.45) is 0 Å². The molecule has 3 aromatic rings. The Kier molecular flexibility index (Phi) is 4.49. The molecule has 11 heteroatoms. The van der Waals surface area contributed by atoms with E-state index in [2.05, 4.69) is 20.9 Å². The van der Waals surface area contributed by atoms with E-state index in [0.717, 1.165) is 12.1 Å². The Balaban J connectivity index is 1.87. The first-order chi connectivity index (χ1) is 13.7. The minimum atomic E-state index is -0.984. The van der Waals surface area contributed by atoms with Crippen LogP contribution < -0.4 is 9.64 Å². The summed E-state index contributed by atoms with van der Waals surface area (Å²) in [5, 5.41) is 11.1. The fourth-order valence-electron chi connectivity index (χ4n) is 3.26. The molecule has 0 bridgehead atoms. The lowest BCUT2D eigenvalue weighted by Crippen LogP contribution is -2.44. The molecule has 0 unspecified atom stereocenters. The molecule has 2 aromatic heterocycles. The number of rotatable bonds is 3. The standard InChI is InChI=1S/C18H13BrF2N4O4/c1-8-15(23-6-11(19)12(20)5-16(23)22-8)7-24-14-4-10(25(27)28)3-13(21)17(14)29-9(2)18(24)26/h3-6,9H,7H2,1-2H3/t9-/m1/s1. The Bertz CT molecular complexity index is 1200. The van der Waals surface area contributed by atoms with Crippen LogP contribution in [0.5, 0.6) is 5.75 Å². The van der Waals surface area contributed by atoms with Gasteiger partial charge in [-0.05, 0) is 29.8 Å². The van der Waals surface area contributed by atoms with Gasteiger partial charge in [0.1, 0.15) is 11.5 Å². The highest BCUT2D eigenvalue weighted by Crippen LogP contribution is 2.40. The van der Waals surface area contributed by atoms with E-state index in [9.17, 15) is 23.7 Å². The van der Waals surface area contributed by atoms with Gasteiger partial charge in [-0.3, -0.25) is 19.8 Å². The average Bonchev–Trinajstić information content (AvgIpc) is 2.94. The summed E-state index contributed by atoms with van der Waals surface area (Å²) in [6.07, 6.45) is 0.491. The molecule has 0 saturated carbocycles. The number of benzene rings is 1. The molecule has 0 saturated heterocycles. The first-order valence-electron chi connectivity index (χ1n) is 8.46. The molecule has 1 aliphatic heterocycles. The number of hydrogen-bond donors (Lipinski definition) is 0. The van der Waals surface area contributed by atoms with Gasteiger partial charge in [0.25, 0.3) is 11.6 Å². The van der Waals surface area contributed by atoms with Gasteiger partial charge in [-0.25, -0.2) is 13.8 Å². The van der Waals surface area contributed by atoms with E-state index in [1.807, 2.05) is 0 Å². The van der Waals surface area contributed by atoms with Crippen molar-refractivity contribution in [3.05, 3.63) is 62.0 Å². The van der Waals surface area contributed by atoms with E-state index in [4.69, 9.17) is 4.74 Å². The van der Waals surface area contributed by atoms with Crippen LogP contribution in [0.15, 0.2) is 28.9 Å². The number of aryl methyl sites for hydroxylation is 1. The Labute approximate surface area is 171 Å². The highest BCUT2D eigenvalue weighted by atomic mass is 79.9. The van der Waals surface area contributed by atoms with Crippen molar-refractivity contribution in [1.82, 2.24) is 9.38 Å². The van der Waals surface area contributed by atoms with Crippen molar-refractivity contribution in [2.75, 3.05) is 4.90 Å². The minimum Gasteiger partial charge on any atom is -0.476 e. The zero-order valence-electron chi connectivity index (χ0n) is 15.1. The Hall–Kier alpha value is -3.08. The number of nitro benzene ring substituents is 1. The Morgan fingerprint density at radius 3 is 2.72 bits per heavy atom. The third kappa shape index (κ3) is 3.11. The molecule has 4 rings (SSSR count). The predicted octanol–water partition coefficient (Wildman–Crippen LogP) is 3.91. The summed E-state index contributed by atoms with van der Waals surface area (Å²) in [5.74, 6) is -2.15. The molecule has 3 heterocycles. The number of nitrogens with zero attached hydrogens (tertiary/aromatic N) is 4. The summed E-state index contributed by atoms with van der Waals surface area (Å²) < 4.78 is 35.4. The summed E-state index contributed by atoms with van der Waals surface area (Å²) in [6.45, 7) is 3.09. The van der Waals surface area contributed by atoms with Gasteiger partial charge < -0.3 is 9.14 Å². The van der Waals surface area contributed by atoms with Gasteiger partial charge in [-0.2, -0.15) is 0 Å². The lowest BCUT2D eigenvalue weighted by atomic mass is 10.1. The fourth-order valence-corrected chi connectivity index (χ4v) is 3.58. The van der Waals surface area contributed by atoms with Crippen LogP contribution in [0.25, 0.3) is 5.65 Å². The van der Waals surface area contributed by atoms with Gasteiger partial charge >= 0.3 is 0 Å². The van der Waals surface area contributed by atoms with Crippen LogP contribution in [0.4, 0.5) is 20.2 Å². The molecule has 1 aliphatic rings. The molecule has 0 spiro atoms. The molecule has 29 heavy (non-hydrogen) atoms. The van der Waals surface area contributed by atoms with Crippen LogP contribution >= 0.6 is 15.9 Å². The number of pyridine rings is 1. The zero-order chi connectivity index (χ0) is 21.0. The summed E-state index contributed by atoms with van der Waals surface area (Å²) in [4.78, 5) is 28.7. The number of carbonyl (C=O) groups is 1. The number of nitro groups is 1. The number of ether oxygens (including phenoxy) is 1. The van der Waals surface area contributed by atoms with Crippen molar-refractivity contribution in [3.63, 3.8) is 0 Å². The van der Waals surface area contributed by atoms with Gasteiger partial charge in [0.05, 0.1) is 39.1 Å². The van der Waals surface area contributed by atoms with E-state index in [0.29, 0.717) is 17.0 Å². The van der Waals surface area contributed by atoms with Crippen LogP contribution in [-0.2, 0) is 11.3 Å². The Morgan fingerprint density at radius 2 is 2.03 bits per heavy atom. The van der Waals surface area contributed by atoms with E-state index >= 15 is 0 Å². The maximum atomic E-state index is 14.4. The number of hydrogen-bond acceptors (Lipinski definition) is 5. The predicted molar refractivity (Wildman–Crippen MR) is 102 cm³/mol. The summed E-state index contributed by atoms with van der Waals surface area (Å²) in [6, 6.07) is 3.08. The van der Waals surface area contributed by atoms with Crippen molar-refractivity contribution >= 4 is 38.9 Å². The van der Waals surface area contributed by atoms with Crippen molar-refractivity contribution in [2.45, 2.75) is 26.5 Å². The second-order valence-corrected chi connectivity index (χ2v) is 7.41. The van der Waals surface area contributed by atoms with Crippen LogP contribution in [0, 0.1) is 28.7 Å². The molecule has 1 atom stereocenters. The van der Waals surface area contributed by atoms with Crippen LogP contribution in [0.1, 0.15) is 18.3 Å². The maximum Gasteiger partial charge on any atom is 0.274 e. The van der Waals surface area contributed by atoms with E-state index in [1.54, 1.807) is 11.3 Å². The second-order valence-electron chi connectivity index (χ2n) is 6.56. The summed E-state index contributed by atoms with van der Waals surface area (Å²) >= 11 is 3.12. The van der Waals surface area contributed by atoms with Gasteiger partial charge in [0.15, 0.2) is 17.7 Å². The van der Waals surface area contributed by atoms with Crippen LogP contribution in [0.3, 0.4) is 0 Å². The zero-order valence-corrected chi connectivity index (χ0v) is 16.7. The van der Waals surface area contributed by atoms with Crippen molar-refractivity contribution in [3.8, 4) is 5.75 Å². The first-order valence-corrected chi connectivity index (χ1v) is 9.25. The molecular formula is C18H13BrF2N4O4. The van der Waals surface area contributed by atoms with Gasteiger partial charge in [0, 0.05) is 18.3 Å². The minimum absolute atomic E-state index is 0.0460. The van der Waals surface area contributed by atoms with Crippen molar-refractivity contribution in [1.29, 1.82) is 0 Å². The highest BCUT2D eigenvalue weighted by molar-refractivity contribution is 9.10. The third-order valence-electron chi connectivity index (χ3n) is 4.69. The molecule has 0 aliphatic carbocycles. The van der Waals surface area contributed by atoms with E-state index in [1.165, 1.54) is 24.1 Å². The highest BCUT2D eigenvalue weighted by Gasteiger charge is 2.36. The second kappa shape index (κ2) is 6.76. The number of halogens is 3. The normalized spacial score (nSPS) is 16.1. The van der Waals surface area contributed by atoms with Crippen molar-refractivity contribution < 1.29 is 23.2 Å². The lowest BCUT2D eigenvalue weighted by Gasteiger charge is -2.33. The maximum absolute atomic E-state index is 14.4. The number of aromatic nitrogens is 2. The fraction of sp³-hybridized carbons (Fsp3) is 0.222. The number of fused-ring (bicyclic) bond motifs is 2. The molecule has 1 amide bonds. The molecule has 8 nitrogen and oxygen atoms in total. The average molecular weight is 467 g/mol. The largest absolute Gasteiger partial charge is 0.476 e. The molecule has 0 fully saturated rings. The van der Waals surface area contributed by atoms with Crippen LogP contribution in [-0.4, -0.2) is 26.3 Å². The quantitative estimate of drug-likeness (QED) is 0.431. The number of amides is 1. The molecular weight excluding hydrogens is 454 g/mol. The van der Waals surface area contributed by atoms with Gasteiger partial charge in [-0.15, -0.1) is 0 Å². The number of carbonyl (C=O) groups excluding carboxylic acids is 1. The topological polar surface area (TPSA) is 90.0 Å². The molecule has 0 N–H and O–H groups in total. The summed E-state index contributed by atoms with van der Waals surface area (Å²) in [5.41, 5.74) is 0.854. The van der Waals surface area contributed by atoms with E-state index < -0.39 is 34.3 Å². The molecule has 0 radical (unpaired) electrons. The van der Waals surface area contributed by atoms with Gasteiger partial charge in [-0.1, -0.05) is 0 Å². The first kappa shape index (κ1) is 19.2. The smallest absolute Gasteiger partial charge is 0.274 e. The number of anilines is 1.